The van der Waals surface area contributed by atoms with Crippen molar-refractivity contribution in [3.63, 3.8) is 0 Å². The number of fused-ring (bicyclic) bond motifs is 1. The van der Waals surface area contributed by atoms with Crippen LogP contribution in [0.4, 0.5) is 16.5 Å². The molecule has 0 spiro atoms. The number of carbonyl (C=O) groups excluding carboxylic acids is 2. The summed E-state index contributed by atoms with van der Waals surface area (Å²) in [5, 5.41) is 2.67. The van der Waals surface area contributed by atoms with E-state index in [1.807, 2.05) is 25.1 Å². The molecule has 2 aromatic carbocycles. The Labute approximate surface area is 226 Å². The normalized spacial score (nSPS) is 16.9. The van der Waals surface area contributed by atoms with E-state index in [2.05, 4.69) is 14.6 Å². The van der Waals surface area contributed by atoms with Crippen LogP contribution in [-0.4, -0.2) is 62.3 Å². The molecule has 0 bridgehead atoms. The first-order valence-corrected chi connectivity index (χ1v) is 14.6. The van der Waals surface area contributed by atoms with Gasteiger partial charge >= 0.3 is 0 Å². The maximum absolute atomic E-state index is 13.4. The van der Waals surface area contributed by atoms with Gasteiger partial charge in [-0.05, 0) is 61.7 Å². The van der Waals surface area contributed by atoms with Crippen LogP contribution in [0, 0.1) is 0 Å². The highest BCUT2D eigenvalue weighted by Gasteiger charge is 2.34. The zero-order valence-electron chi connectivity index (χ0n) is 20.1. The van der Waals surface area contributed by atoms with Gasteiger partial charge in [0.15, 0.2) is 5.13 Å². The Morgan fingerprint density at radius 1 is 1.16 bits per heavy atom. The summed E-state index contributed by atoms with van der Waals surface area (Å²) >= 11 is 7.57. The molecule has 196 valence electrons. The van der Waals surface area contributed by atoms with Gasteiger partial charge in [0.2, 0.25) is 11.8 Å². The standard InChI is InChI=1S/C25H26ClN5O4S2.H2/c1-17(30-12-3-4-20-21(26)5-2-6-22(20)30)24(33)29-13-14-31(23(32)16-29)18-7-9-19(10-8-18)37(34,35)28-25-27-11-15-36-25;/h2,5-11,15,17H,3-4,12-14,16H2,1H3,(H,27,28);1H/t17-;/m1./s1. The van der Waals surface area contributed by atoms with Gasteiger partial charge in [0.25, 0.3) is 10.0 Å². The van der Waals surface area contributed by atoms with Gasteiger partial charge in [-0.15, -0.1) is 11.3 Å². The molecule has 1 fully saturated rings. The summed E-state index contributed by atoms with van der Waals surface area (Å²) in [6, 6.07) is 11.4. The highest BCUT2D eigenvalue weighted by atomic mass is 35.5. The molecular weight excluding hydrogens is 534 g/mol. The molecule has 1 atom stereocenters. The quantitative estimate of drug-likeness (QED) is 0.490. The fourth-order valence-corrected chi connectivity index (χ4v) is 6.85. The van der Waals surface area contributed by atoms with Crippen LogP contribution >= 0.6 is 22.9 Å². The molecule has 9 nitrogen and oxygen atoms in total. The fourth-order valence-electron chi connectivity index (χ4n) is 4.80. The summed E-state index contributed by atoms with van der Waals surface area (Å²) < 4.78 is 27.6. The second kappa shape index (κ2) is 10.3. The third-order valence-electron chi connectivity index (χ3n) is 6.70. The van der Waals surface area contributed by atoms with Gasteiger partial charge in [0.05, 0.1) is 4.90 Å². The minimum Gasteiger partial charge on any atom is -0.360 e. The van der Waals surface area contributed by atoms with Gasteiger partial charge in [-0.25, -0.2) is 13.4 Å². The molecule has 5 rings (SSSR count). The Hall–Kier alpha value is -3.15. The molecule has 0 saturated carbocycles. The summed E-state index contributed by atoms with van der Waals surface area (Å²) in [7, 11) is -3.78. The Kier molecular flexibility index (Phi) is 7.11. The number of benzene rings is 2. The van der Waals surface area contributed by atoms with Crippen molar-refractivity contribution in [3.8, 4) is 0 Å². The number of amides is 2. The van der Waals surface area contributed by atoms with E-state index >= 15 is 0 Å². The van der Waals surface area contributed by atoms with E-state index in [1.165, 1.54) is 29.7 Å². The molecular formula is C25H28ClN5O4S2. The number of aromatic nitrogens is 1. The number of hydrogen-bond acceptors (Lipinski definition) is 7. The van der Waals surface area contributed by atoms with Crippen molar-refractivity contribution in [1.82, 2.24) is 9.88 Å². The number of hydrogen-bond donors (Lipinski definition) is 1. The highest BCUT2D eigenvalue weighted by Crippen LogP contribution is 2.34. The molecule has 12 heteroatoms. The lowest BCUT2D eigenvalue weighted by Gasteiger charge is -2.40. The summed E-state index contributed by atoms with van der Waals surface area (Å²) in [4.78, 5) is 35.6. The summed E-state index contributed by atoms with van der Waals surface area (Å²) in [6.07, 6.45) is 3.31. The van der Waals surface area contributed by atoms with Crippen LogP contribution < -0.4 is 14.5 Å². The minimum absolute atomic E-state index is 0. The second-order valence-electron chi connectivity index (χ2n) is 8.95. The largest absolute Gasteiger partial charge is 0.360 e. The average Bonchev–Trinajstić information content (AvgIpc) is 3.40. The van der Waals surface area contributed by atoms with E-state index in [-0.39, 0.29) is 29.8 Å². The van der Waals surface area contributed by atoms with Crippen LogP contribution in [-0.2, 0) is 26.0 Å². The number of nitrogens with zero attached hydrogens (tertiary/aromatic N) is 4. The summed E-state index contributed by atoms with van der Waals surface area (Å²) in [5.74, 6) is -0.319. The zero-order chi connectivity index (χ0) is 26.2. The number of sulfonamides is 1. The molecule has 0 aliphatic carbocycles. The van der Waals surface area contributed by atoms with Crippen LogP contribution in [0.25, 0.3) is 0 Å². The monoisotopic (exact) mass is 561 g/mol. The molecule has 1 aromatic heterocycles. The summed E-state index contributed by atoms with van der Waals surface area (Å²) in [5.41, 5.74) is 2.62. The van der Waals surface area contributed by atoms with Crippen LogP contribution in [0.2, 0.25) is 5.02 Å². The Balaban J connectivity index is 0.00000336. The predicted octanol–water partition coefficient (Wildman–Crippen LogP) is 3.86. The van der Waals surface area contributed by atoms with Crippen LogP contribution in [0.3, 0.4) is 0 Å². The van der Waals surface area contributed by atoms with E-state index in [0.717, 1.165) is 30.6 Å². The maximum atomic E-state index is 13.4. The molecule has 3 aromatic rings. The molecule has 1 saturated heterocycles. The number of piperazine rings is 1. The van der Waals surface area contributed by atoms with E-state index in [1.54, 1.807) is 27.3 Å². The van der Waals surface area contributed by atoms with Gasteiger partial charge in [-0.3, -0.25) is 14.3 Å². The van der Waals surface area contributed by atoms with Crippen LogP contribution in [0.15, 0.2) is 58.9 Å². The zero-order valence-corrected chi connectivity index (χ0v) is 22.5. The molecule has 2 aliphatic rings. The van der Waals surface area contributed by atoms with Gasteiger partial charge in [-0.2, -0.15) is 0 Å². The number of nitrogens with one attached hydrogen (secondary N) is 1. The van der Waals surface area contributed by atoms with Crippen molar-refractivity contribution in [2.24, 2.45) is 0 Å². The second-order valence-corrected chi connectivity index (χ2v) is 11.9. The first-order chi connectivity index (χ1) is 17.7. The Morgan fingerprint density at radius 2 is 1.95 bits per heavy atom. The van der Waals surface area contributed by atoms with Gasteiger partial charge in [-0.1, -0.05) is 17.7 Å². The van der Waals surface area contributed by atoms with Crippen molar-refractivity contribution in [2.75, 3.05) is 40.7 Å². The first-order valence-electron chi connectivity index (χ1n) is 11.9. The van der Waals surface area contributed by atoms with Gasteiger partial charge in [0, 0.05) is 49.0 Å². The predicted molar refractivity (Wildman–Crippen MR) is 147 cm³/mol. The van der Waals surface area contributed by atoms with Crippen molar-refractivity contribution in [2.45, 2.75) is 30.7 Å². The smallest absolute Gasteiger partial charge is 0.263 e. The van der Waals surface area contributed by atoms with Crippen molar-refractivity contribution in [1.29, 1.82) is 0 Å². The van der Waals surface area contributed by atoms with E-state index in [4.69, 9.17) is 11.6 Å². The molecule has 37 heavy (non-hydrogen) atoms. The SMILES string of the molecule is C[C@H](C(=O)N1CCN(c2ccc(S(=O)(=O)Nc3nccs3)cc2)C(=O)C1)N1CCCc2c(Cl)cccc21.[HH]. The Morgan fingerprint density at radius 3 is 2.65 bits per heavy atom. The lowest BCUT2D eigenvalue weighted by Crippen LogP contribution is -2.57. The lowest BCUT2D eigenvalue weighted by molar-refractivity contribution is -0.137. The fraction of sp³-hybridized carbons (Fsp3) is 0.320. The number of anilines is 3. The van der Waals surface area contributed by atoms with Gasteiger partial charge < -0.3 is 14.7 Å². The molecule has 0 unspecified atom stereocenters. The van der Waals surface area contributed by atoms with Crippen molar-refractivity contribution in [3.05, 3.63) is 64.6 Å². The van der Waals surface area contributed by atoms with Crippen LogP contribution in [0.5, 0.6) is 0 Å². The van der Waals surface area contributed by atoms with E-state index in [0.29, 0.717) is 23.8 Å². The third-order valence-corrected chi connectivity index (χ3v) is 9.23. The van der Waals surface area contributed by atoms with E-state index in [9.17, 15) is 18.0 Å². The number of thiazole rings is 1. The number of carbonyl (C=O) groups is 2. The topological polar surface area (TPSA) is 103 Å². The first kappa shape index (κ1) is 25.5. The average molecular weight is 562 g/mol. The van der Waals surface area contributed by atoms with E-state index < -0.39 is 16.1 Å². The molecule has 2 aliphatic heterocycles. The molecule has 3 heterocycles. The number of halogens is 1. The highest BCUT2D eigenvalue weighted by molar-refractivity contribution is 7.93. The molecule has 2 amide bonds. The lowest BCUT2D eigenvalue weighted by atomic mass is 9.99. The summed E-state index contributed by atoms with van der Waals surface area (Å²) in [6.45, 7) is 3.29. The van der Waals surface area contributed by atoms with Crippen molar-refractivity contribution < 1.29 is 19.4 Å². The third kappa shape index (κ3) is 5.16. The number of rotatable bonds is 6. The van der Waals surface area contributed by atoms with Gasteiger partial charge in [0.1, 0.15) is 12.6 Å². The molecule has 0 radical (unpaired) electrons. The Bertz CT molecular complexity index is 1420. The maximum Gasteiger partial charge on any atom is 0.263 e. The van der Waals surface area contributed by atoms with Crippen molar-refractivity contribution >= 4 is 61.3 Å². The van der Waals surface area contributed by atoms with Crippen LogP contribution in [0.1, 0.15) is 20.3 Å². The molecule has 1 N–H and O–H groups in total. The minimum atomic E-state index is -3.78.